The molecule has 286 valence electrons. The molecule has 2 saturated heterocycles. The second-order valence-corrected chi connectivity index (χ2v) is 13.7. The Bertz CT molecular complexity index is 1870. The number of ketones is 1. The minimum Gasteiger partial charge on any atom is -0.455 e. The van der Waals surface area contributed by atoms with Crippen molar-refractivity contribution in [1.82, 2.24) is 25.0 Å². The van der Waals surface area contributed by atoms with Crippen molar-refractivity contribution in [3.8, 4) is 0 Å². The molecular weight excluding hydrogens is 736 g/mol. The van der Waals surface area contributed by atoms with Gasteiger partial charge in [0.15, 0.2) is 35.1 Å². The van der Waals surface area contributed by atoms with Crippen molar-refractivity contribution >= 4 is 54.1 Å². The van der Waals surface area contributed by atoms with Crippen LogP contribution in [-0.4, -0.2) is 92.2 Å². The largest absolute Gasteiger partial charge is 1.00 e. The smallest absolute Gasteiger partial charge is 0.455 e. The number of allylic oxidation sites excluding steroid dienone is 3. The first-order chi connectivity index (χ1) is 25.3. The van der Waals surface area contributed by atoms with Gasteiger partial charge < -0.3 is 24.6 Å². The van der Waals surface area contributed by atoms with E-state index in [0.29, 0.717) is 36.0 Å². The van der Waals surface area contributed by atoms with Crippen LogP contribution in [0.25, 0.3) is 11.2 Å². The summed E-state index contributed by atoms with van der Waals surface area (Å²) in [6.45, 7) is 5.29. The summed E-state index contributed by atoms with van der Waals surface area (Å²) in [7, 11) is -0.421. The van der Waals surface area contributed by atoms with Crippen LogP contribution in [0.15, 0.2) is 61.2 Å². The number of hydroxylamine groups is 1. The zero-order valence-electron chi connectivity index (χ0n) is 30.9. The second kappa shape index (κ2) is 20.7. The standard InChI is InChI=1S/C18H24N5O8P.C16H20N2O3.Na/c1-3-5-11(24)22-16-13-17(20-8-19-16)23(9-21-13)18-15(30-12(25)6-4-2)14-10(29-18)7-28-32(26,27)31-14;1-12(6-4-5-7-15(19)17-21)16(20)13-8-10-14(11-9-13)18(2)3;/h8-10,14-15,18H,3-7H2,1-2H3,(H,26,27)(H,19,20,22,24);4-12,21H,1-3H3,(H,17,19);/q;;+1/b;6-4+,7-5+;/t10-,14-,15-,18-;12-;/m11./s1. The zero-order valence-corrected chi connectivity index (χ0v) is 33.8. The Balaban J connectivity index is 0.000000312. The minimum atomic E-state index is -4.30. The molecule has 0 aliphatic carbocycles. The molecule has 0 saturated carbocycles. The molecule has 2 amide bonds. The van der Waals surface area contributed by atoms with Crippen LogP contribution in [0.5, 0.6) is 0 Å². The number of rotatable bonds is 13. The van der Waals surface area contributed by atoms with Gasteiger partial charge >= 0.3 is 43.3 Å². The number of carbonyl (C=O) groups is 4. The molecule has 0 spiro atoms. The first-order valence-electron chi connectivity index (χ1n) is 16.9. The average Bonchev–Trinajstić information content (AvgIpc) is 3.71. The first-order valence-corrected chi connectivity index (χ1v) is 18.4. The Hall–Kier alpha value is -3.84. The Morgan fingerprint density at radius 1 is 1.09 bits per heavy atom. The van der Waals surface area contributed by atoms with Crippen molar-refractivity contribution in [2.24, 2.45) is 5.92 Å². The average molecular weight is 781 g/mol. The summed E-state index contributed by atoms with van der Waals surface area (Å²) in [5.74, 6) is -1.37. The van der Waals surface area contributed by atoms with Crippen LogP contribution in [0.3, 0.4) is 0 Å². The van der Waals surface area contributed by atoms with E-state index < -0.39 is 44.2 Å². The molecule has 18 nitrogen and oxygen atoms in total. The van der Waals surface area contributed by atoms with Crippen molar-refractivity contribution in [2.75, 3.05) is 30.9 Å². The number of amides is 2. The van der Waals surface area contributed by atoms with Gasteiger partial charge in [0.2, 0.25) is 5.91 Å². The molecule has 2 aliphatic heterocycles. The Labute approximate surface area is 334 Å². The van der Waals surface area contributed by atoms with Gasteiger partial charge in [0, 0.05) is 50.2 Å². The van der Waals surface area contributed by atoms with E-state index in [1.54, 1.807) is 31.2 Å². The van der Waals surface area contributed by atoms with Crippen LogP contribution < -0.4 is 45.3 Å². The molecule has 0 radical (unpaired) electrons. The molecule has 2 aromatic heterocycles. The Morgan fingerprint density at radius 3 is 2.44 bits per heavy atom. The molecule has 2 aliphatic rings. The third-order valence-corrected chi connectivity index (χ3v) is 8.97. The first kappa shape index (κ1) is 44.6. The summed E-state index contributed by atoms with van der Waals surface area (Å²) in [5.41, 5.74) is 3.81. The summed E-state index contributed by atoms with van der Waals surface area (Å²) in [6.07, 6.45) is 6.57. The van der Waals surface area contributed by atoms with Gasteiger partial charge in [-0.3, -0.25) is 38.0 Å². The van der Waals surface area contributed by atoms with E-state index in [1.807, 2.05) is 45.0 Å². The number of hydrogen-bond donors (Lipinski definition) is 4. The van der Waals surface area contributed by atoms with Crippen molar-refractivity contribution < 1.29 is 81.9 Å². The van der Waals surface area contributed by atoms with Crippen LogP contribution in [0, 0.1) is 5.92 Å². The van der Waals surface area contributed by atoms with Crippen molar-refractivity contribution in [3.63, 3.8) is 0 Å². The van der Waals surface area contributed by atoms with Gasteiger partial charge in [-0.25, -0.2) is 25.0 Å². The third kappa shape index (κ3) is 11.8. The molecule has 3 aromatic rings. The molecule has 20 heteroatoms. The summed E-state index contributed by atoms with van der Waals surface area (Å²) in [5, 5.41) is 11.0. The number of ether oxygens (including phenoxy) is 2. The van der Waals surface area contributed by atoms with E-state index in [4.69, 9.17) is 23.7 Å². The topological polar surface area (TPSA) is 234 Å². The number of nitrogens with one attached hydrogen (secondary N) is 2. The number of esters is 1. The fraction of sp³-hybridized carbons (Fsp3) is 0.441. The monoisotopic (exact) mass is 780 g/mol. The minimum absolute atomic E-state index is 0. The number of carbonyl (C=O) groups excluding carboxylic acids is 4. The maximum atomic E-state index is 12.3. The molecule has 1 aromatic carbocycles. The van der Waals surface area contributed by atoms with Crippen LogP contribution in [0.4, 0.5) is 11.5 Å². The molecule has 0 bridgehead atoms. The summed E-state index contributed by atoms with van der Waals surface area (Å²) in [4.78, 5) is 71.6. The second-order valence-electron chi connectivity index (χ2n) is 12.3. The van der Waals surface area contributed by atoms with Crippen molar-refractivity contribution in [3.05, 3.63) is 66.8 Å². The molecule has 4 N–H and O–H groups in total. The predicted molar refractivity (Wildman–Crippen MR) is 191 cm³/mol. The van der Waals surface area contributed by atoms with E-state index in [9.17, 15) is 28.6 Å². The van der Waals surface area contributed by atoms with E-state index >= 15 is 0 Å². The summed E-state index contributed by atoms with van der Waals surface area (Å²) >= 11 is 0. The number of anilines is 2. The molecule has 5 rings (SSSR count). The molecule has 4 heterocycles. The van der Waals surface area contributed by atoms with Crippen LogP contribution in [-0.2, 0) is 37.5 Å². The molecular formula is C34H44N7NaO11P+. The number of Topliss-reactive ketones (excluding diaryl/α,β-unsaturated/α-hetero) is 1. The summed E-state index contributed by atoms with van der Waals surface area (Å²) in [6, 6.07) is 7.40. The van der Waals surface area contributed by atoms with E-state index in [2.05, 4.69) is 20.3 Å². The maximum absolute atomic E-state index is 12.3. The number of phosphoric acid groups is 1. The number of aromatic nitrogens is 4. The van der Waals surface area contributed by atoms with Crippen LogP contribution in [0.1, 0.15) is 63.0 Å². The van der Waals surface area contributed by atoms with Gasteiger partial charge in [0.05, 0.1) is 12.9 Å². The van der Waals surface area contributed by atoms with Gasteiger partial charge in [-0.05, 0) is 37.1 Å². The van der Waals surface area contributed by atoms with E-state index in [0.717, 1.165) is 5.69 Å². The molecule has 54 heavy (non-hydrogen) atoms. The van der Waals surface area contributed by atoms with Gasteiger partial charge in [-0.2, -0.15) is 0 Å². The van der Waals surface area contributed by atoms with Gasteiger partial charge in [-0.15, -0.1) is 0 Å². The van der Waals surface area contributed by atoms with Crippen LogP contribution in [0.2, 0.25) is 0 Å². The van der Waals surface area contributed by atoms with Gasteiger partial charge in [0.1, 0.15) is 18.5 Å². The SMILES string of the molecule is CCCC(=O)Nc1ncnc2c1ncn2[C@@H]1O[C@@H]2COP(=O)(O)O[C@H]2[C@H]1OC(=O)CCC.C[C@H](/C=C/C=C/C(=O)NO)C(=O)c1ccc(N(C)C)cc1.[Na+]. The number of phosphoric ester groups is 1. The number of imidazole rings is 1. The van der Waals surface area contributed by atoms with Crippen LogP contribution >= 0.6 is 7.82 Å². The fourth-order valence-corrected chi connectivity index (χ4v) is 6.28. The molecule has 1 unspecified atom stereocenters. The predicted octanol–water partition coefficient (Wildman–Crippen LogP) is 0.883. The van der Waals surface area contributed by atoms with E-state index in [1.165, 1.54) is 34.9 Å². The van der Waals surface area contributed by atoms with Crippen molar-refractivity contribution in [2.45, 2.75) is 71.0 Å². The normalized spacial score (nSPS) is 22.4. The number of hydrogen-bond acceptors (Lipinski definition) is 14. The fourth-order valence-electron chi connectivity index (χ4n) is 5.32. The maximum Gasteiger partial charge on any atom is 1.00 e. The molecule has 2 fully saturated rings. The number of benzene rings is 1. The Morgan fingerprint density at radius 2 is 1.80 bits per heavy atom. The quantitative estimate of drug-likeness (QED) is 0.0276. The third-order valence-electron chi connectivity index (χ3n) is 7.98. The Kier molecular flexibility index (Phi) is 17.1. The molecule has 6 atom stereocenters. The van der Waals surface area contributed by atoms with Gasteiger partial charge in [0.25, 0.3) is 5.91 Å². The van der Waals surface area contributed by atoms with Crippen molar-refractivity contribution in [1.29, 1.82) is 0 Å². The number of nitrogens with zero attached hydrogens (tertiary/aromatic N) is 5. The van der Waals surface area contributed by atoms with E-state index in [-0.39, 0.29) is 66.0 Å². The zero-order chi connectivity index (χ0) is 38.7. The summed E-state index contributed by atoms with van der Waals surface area (Å²) < 4.78 is 35.1. The number of fused-ring (bicyclic) bond motifs is 2. The van der Waals surface area contributed by atoms with Gasteiger partial charge in [-0.1, -0.05) is 39.0 Å².